The molecule has 0 amide bonds. The molecule has 224 valence electrons. The molecule has 7 rings (SSSR count). The van der Waals surface area contributed by atoms with Crippen molar-refractivity contribution in [2.24, 2.45) is 5.92 Å². The van der Waals surface area contributed by atoms with E-state index in [9.17, 15) is 9.18 Å². The highest BCUT2D eigenvalue weighted by Gasteiger charge is 2.39. The van der Waals surface area contributed by atoms with Crippen molar-refractivity contribution in [1.29, 1.82) is 0 Å². The first-order valence-electron chi connectivity index (χ1n) is 14.1. The van der Waals surface area contributed by atoms with Crippen molar-refractivity contribution in [3.8, 4) is 22.8 Å². The fourth-order valence-electron chi connectivity index (χ4n) is 6.81. The van der Waals surface area contributed by atoms with Gasteiger partial charge in [-0.1, -0.05) is 17.7 Å². The molecule has 0 spiro atoms. The van der Waals surface area contributed by atoms with Gasteiger partial charge in [-0.05, 0) is 51.4 Å². The Morgan fingerprint density at radius 2 is 2.12 bits per heavy atom. The molecule has 2 N–H and O–H groups in total. The van der Waals surface area contributed by atoms with Gasteiger partial charge < -0.3 is 19.9 Å². The molecule has 0 bridgehead atoms. The zero-order valence-corrected chi connectivity index (χ0v) is 25.0. The van der Waals surface area contributed by atoms with E-state index in [0.29, 0.717) is 19.6 Å². The van der Waals surface area contributed by atoms with E-state index in [1.165, 1.54) is 16.7 Å². The molecule has 3 aliphatic rings. The van der Waals surface area contributed by atoms with Crippen LogP contribution in [0.1, 0.15) is 32.2 Å². The molecule has 0 aliphatic carbocycles. The van der Waals surface area contributed by atoms with E-state index < -0.39 is 23.2 Å². The average molecular weight is 628 g/mol. The van der Waals surface area contributed by atoms with Gasteiger partial charge in [0.25, 0.3) is 5.88 Å². The largest absolute Gasteiger partial charge is 0.488 e. The number of nitrogens with two attached hydrogens (primary N) is 1. The summed E-state index contributed by atoms with van der Waals surface area (Å²) in [6, 6.07) is 2.18. The van der Waals surface area contributed by atoms with Crippen LogP contribution in [0.2, 0.25) is 5.02 Å². The van der Waals surface area contributed by atoms with Crippen LogP contribution in [-0.4, -0.2) is 60.0 Å². The van der Waals surface area contributed by atoms with Crippen molar-refractivity contribution in [2.75, 3.05) is 39.1 Å². The zero-order chi connectivity index (χ0) is 30.2. The number of hydrogen-bond acceptors (Lipinski definition) is 8. The molecular weight excluding hydrogens is 600 g/mol. The first-order chi connectivity index (χ1) is 20.7. The number of aromatic nitrogens is 2. The Morgan fingerprint density at radius 3 is 2.81 bits per heavy atom. The smallest absolute Gasteiger partial charge is 0.314 e. The topological polar surface area (TPSA) is 96.2 Å². The van der Waals surface area contributed by atoms with Gasteiger partial charge >= 0.3 is 5.56 Å². The third kappa shape index (κ3) is 4.28. The lowest BCUT2D eigenvalue weighted by molar-refractivity contribution is 0.111. The van der Waals surface area contributed by atoms with Crippen LogP contribution in [0.4, 0.5) is 19.5 Å². The van der Waals surface area contributed by atoms with Gasteiger partial charge in [-0.15, -0.1) is 11.3 Å². The van der Waals surface area contributed by atoms with Crippen LogP contribution in [0.3, 0.4) is 0 Å². The van der Waals surface area contributed by atoms with E-state index in [0.717, 1.165) is 30.7 Å². The van der Waals surface area contributed by atoms with Crippen LogP contribution in [0.15, 0.2) is 16.9 Å². The lowest BCUT2D eigenvalue weighted by Crippen LogP contribution is -2.41. The number of likely N-dealkylation sites (N-methyl/N-ethyl adjacent to an activating group) is 1. The van der Waals surface area contributed by atoms with Gasteiger partial charge in [-0.25, -0.2) is 18.6 Å². The molecule has 2 fully saturated rings. The molecule has 9 nitrogen and oxygen atoms in total. The number of rotatable bonds is 5. The molecule has 43 heavy (non-hydrogen) atoms. The highest BCUT2D eigenvalue weighted by Crippen LogP contribution is 2.52. The minimum atomic E-state index is -0.839. The number of benzene rings is 2. The fraction of sp³-hybridized carbons (Fsp3) is 0.433. The summed E-state index contributed by atoms with van der Waals surface area (Å²) in [6.45, 7) is 11.6. The number of nitrogen functional groups attached to an aromatic ring is 1. The van der Waals surface area contributed by atoms with Crippen LogP contribution in [-0.2, 0) is 4.74 Å². The highest BCUT2D eigenvalue weighted by atomic mass is 35.5. The molecule has 3 aliphatic heterocycles. The summed E-state index contributed by atoms with van der Waals surface area (Å²) in [6.07, 6.45) is 2.24. The SMILES string of the molecule is [C-]#[N+]c1c(N)sc2c(F)ccc(-c3c(Cl)c4c5c(nc(O[C@@H](C)[C@@H]6CCCN6C)c(=O)n5C(C5CCOC5)CO4)c3F)c12. The summed E-state index contributed by atoms with van der Waals surface area (Å²) < 4.78 is 51.4. The molecule has 2 saturated heterocycles. The molecule has 13 heteroatoms. The van der Waals surface area contributed by atoms with Gasteiger partial charge in [0, 0.05) is 29.5 Å². The Hall–Kier alpha value is -3.50. The second-order valence-corrected chi connectivity index (χ2v) is 12.8. The van der Waals surface area contributed by atoms with E-state index in [1.54, 1.807) is 0 Å². The number of likely N-dealkylation sites (tertiary alicyclic amines) is 1. The van der Waals surface area contributed by atoms with Gasteiger partial charge in [0.1, 0.15) is 29.6 Å². The highest BCUT2D eigenvalue weighted by molar-refractivity contribution is 7.23. The number of thiophene rings is 1. The zero-order valence-electron chi connectivity index (χ0n) is 23.5. The van der Waals surface area contributed by atoms with E-state index in [2.05, 4.69) is 14.7 Å². The van der Waals surface area contributed by atoms with Crippen molar-refractivity contribution in [1.82, 2.24) is 14.5 Å². The minimum Gasteiger partial charge on any atom is -0.488 e. The summed E-state index contributed by atoms with van der Waals surface area (Å²) in [5.41, 5.74) is 5.60. The predicted octanol–water partition coefficient (Wildman–Crippen LogP) is 6.17. The summed E-state index contributed by atoms with van der Waals surface area (Å²) in [5.74, 6) is -1.59. The van der Waals surface area contributed by atoms with Crippen molar-refractivity contribution in [2.45, 2.75) is 44.4 Å². The molecule has 2 aromatic carbocycles. The number of halogens is 3. The number of hydrogen-bond donors (Lipinski definition) is 1. The molecule has 4 atom stereocenters. The quantitative estimate of drug-likeness (QED) is 0.264. The summed E-state index contributed by atoms with van der Waals surface area (Å²) in [5, 5.41) is 0.162. The van der Waals surface area contributed by atoms with E-state index >= 15 is 4.39 Å². The maximum Gasteiger partial charge on any atom is 0.314 e. The Balaban J connectivity index is 1.51. The van der Waals surface area contributed by atoms with Crippen molar-refractivity contribution < 1.29 is 23.0 Å². The Labute approximate surface area is 254 Å². The predicted molar refractivity (Wildman–Crippen MR) is 162 cm³/mol. The number of ether oxygens (including phenoxy) is 3. The summed E-state index contributed by atoms with van der Waals surface area (Å²) >= 11 is 7.80. The second kappa shape index (κ2) is 10.6. The Bertz CT molecular complexity index is 1900. The summed E-state index contributed by atoms with van der Waals surface area (Å²) in [4.78, 5) is 24.2. The van der Waals surface area contributed by atoms with Gasteiger partial charge in [-0.2, -0.15) is 0 Å². The van der Waals surface area contributed by atoms with Gasteiger partial charge in [0.2, 0.25) is 5.69 Å². The van der Waals surface area contributed by atoms with Crippen LogP contribution >= 0.6 is 22.9 Å². The third-order valence-electron chi connectivity index (χ3n) is 8.97. The van der Waals surface area contributed by atoms with Crippen LogP contribution < -0.4 is 20.8 Å². The maximum absolute atomic E-state index is 16.9. The Morgan fingerprint density at radius 1 is 1.30 bits per heavy atom. The normalized spacial score (nSPS) is 22.7. The monoisotopic (exact) mass is 627 g/mol. The van der Waals surface area contributed by atoms with Gasteiger partial charge in [0.05, 0.1) is 33.9 Å². The molecule has 0 radical (unpaired) electrons. The van der Waals surface area contributed by atoms with E-state index in [1.807, 2.05) is 14.0 Å². The van der Waals surface area contributed by atoms with Crippen molar-refractivity contribution >= 4 is 54.7 Å². The first kappa shape index (κ1) is 28.3. The molecular formula is C30H28ClF2N5O4S. The lowest BCUT2D eigenvalue weighted by atomic mass is 9.95. The first-order valence-corrected chi connectivity index (χ1v) is 15.3. The fourth-order valence-corrected chi connectivity index (χ4v) is 8.07. The molecule has 2 aromatic heterocycles. The number of fused-ring (bicyclic) bond motifs is 1. The van der Waals surface area contributed by atoms with Crippen LogP contribution in [0.25, 0.3) is 37.1 Å². The van der Waals surface area contributed by atoms with Crippen molar-refractivity contribution in [3.63, 3.8) is 0 Å². The number of nitrogens with zero attached hydrogens (tertiary/aromatic N) is 4. The minimum absolute atomic E-state index is 0.0115. The van der Waals surface area contributed by atoms with Crippen LogP contribution in [0, 0.1) is 24.1 Å². The van der Waals surface area contributed by atoms with E-state index in [4.69, 9.17) is 38.1 Å². The van der Waals surface area contributed by atoms with Gasteiger partial charge in [-0.3, -0.25) is 14.3 Å². The maximum atomic E-state index is 16.9. The molecule has 4 aromatic rings. The Kier molecular flexibility index (Phi) is 6.97. The summed E-state index contributed by atoms with van der Waals surface area (Å²) in [7, 11) is 2.01. The molecule has 2 unspecified atom stereocenters. The van der Waals surface area contributed by atoms with Gasteiger partial charge in [0.15, 0.2) is 11.6 Å². The number of anilines is 1. The molecule has 0 saturated carbocycles. The third-order valence-corrected chi connectivity index (χ3v) is 10.3. The molecule has 5 heterocycles. The standard InChI is InChI=1S/C30H28ClF2N5O4S/c1-13(17-5-4-9-37(17)3)42-29-30(39)38-18(14-8-10-40-11-14)12-41-26-21(31)19(22(33)24(36-29)25(26)38)15-6-7-16(32)27-20(15)23(35-2)28(34)43-27/h6-7,13-14,17-18H,4-5,8-12,34H2,1,3H3/t13-,14?,17-,18?/m0/s1. The van der Waals surface area contributed by atoms with Crippen molar-refractivity contribution in [3.05, 3.63) is 50.6 Å². The second-order valence-electron chi connectivity index (χ2n) is 11.4. The lowest BCUT2D eigenvalue weighted by Gasteiger charge is -2.33. The van der Waals surface area contributed by atoms with Crippen LogP contribution in [0.5, 0.6) is 11.6 Å². The van der Waals surface area contributed by atoms with E-state index in [-0.39, 0.29) is 84.3 Å². The average Bonchev–Trinajstić information content (AvgIpc) is 3.75.